The molecule has 3 aromatic rings. The molecule has 1 aromatic heterocycles. The molecule has 2 nitrogen and oxygen atoms in total. The van der Waals surface area contributed by atoms with E-state index < -0.39 is 0 Å². The molecule has 1 radical (unpaired) electrons. The van der Waals surface area contributed by atoms with Crippen molar-refractivity contribution in [2.45, 2.75) is 0 Å². The van der Waals surface area contributed by atoms with Crippen LogP contribution in [0.25, 0.3) is 21.7 Å². The van der Waals surface area contributed by atoms with Gasteiger partial charge >= 0.3 is 0 Å². The van der Waals surface area contributed by atoms with E-state index in [2.05, 4.69) is 34.5 Å². The maximum Gasteiger partial charge on any atom is 0.198 e. The Morgan fingerprint density at radius 3 is 2.79 bits per heavy atom. The molecule has 0 N–H and O–H groups in total. The number of benzene rings is 2. The molecule has 0 spiro atoms. The standard InChI is InChI=1S/C12H7N2/c1-2-4-11-9(3-1)5-6-10-7-13-8-14-12(10)11/h1-7H. The molecule has 2 heteroatoms. The summed E-state index contributed by atoms with van der Waals surface area (Å²) in [5, 5.41) is 3.42. The van der Waals surface area contributed by atoms with Gasteiger partial charge in [-0.25, -0.2) is 9.97 Å². The predicted octanol–water partition coefficient (Wildman–Crippen LogP) is 2.58. The van der Waals surface area contributed by atoms with Crippen molar-refractivity contribution in [1.82, 2.24) is 9.97 Å². The Hall–Kier alpha value is -1.96. The highest BCUT2D eigenvalue weighted by Crippen LogP contribution is 2.21. The summed E-state index contributed by atoms with van der Waals surface area (Å²) < 4.78 is 0. The van der Waals surface area contributed by atoms with Crippen LogP contribution in [-0.2, 0) is 0 Å². The quantitative estimate of drug-likeness (QED) is 0.496. The van der Waals surface area contributed by atoms with Crippen LogP contribution < -0.4 is 0 Å². The van der Waals surface area contributed by atoms with E-state index in [9.17, 15) is 0 Å². The topological polar surface area (TPSA) is 25.8 Å². The molecule has 0 aliphatic rings. The molecule has 3 rings (SSSR count). The molecule has 65 valence electrons. The van der Waals surface area contributed by atoms with E-state index >= 15 is 0 Å². The van der Waals surface area contributed by atoms with Gasteiger partial charge in [-0.3, -0.25) is 0 Å². The van der Waals surface area contributed by atoms with Crippen molar-refractivity contribution in [3.8, 4) is 0 Å². The van der Waals surface area contributed by atoms with Crippen LogP contribution >= 0.6 is 0 Å². The van der Waals surface area contributed by atoms with Crippen LogP contribution in [0.3, 0.4) is 0 Å². The van der Waals surface area contributed by atoms with E-state index in [1.54, 1.807) is 6.20 Å². The van der Waals surface area contributed by atoms with Crippen molar-refractivity contribution in [1.29, 1.82) is 0 Å². The molecule has 14 heavy (non-hydrogen) atoms. The first kappa shape index (κ1) is 7.44. The van der Waals surface area contributed by atoms with E-state index in [-0.39, 0.29) is 0 Å². The van der Waals surface area contributed by atoms with Crippen LogP contribution in [0.2, 0.25) is 0 Å². The Morgan fingerprint density at radius 2 is 1.79 bits per heavy atom. The Balaban J connectivity index is 2.61. The zero-order chi connectivity index (χ0) is 9.38. The fraction of sp³-hybridized carbons (Fsp3) is 0. The summed E-state index contributed by atoms with van der Waals surface area (Å²) >= 11 is 0. The average Bonchev–Trinajstić information content (AvgIpc) is 2.29. The molecule has 0 aliphatic carbocycles. The summed E-state index contributed by atoms with van der Waals surface area (Å²) in [7, 11) is 0. The molecule has 1 heterocycles. The second kappa shape index (κ2) is 2.77. The molecule has 0 fully saturated rings. The third-order valence-corrected chi connectivity index (χ3v) is 2.35. The highest BCUT2D eigenvalue weighted by Gasteiger charge is 1.99. The van der Waals surface area contributed by atoms with Gasteiger partial charge in [-0.2, -0.15) is 0 Å². The zero-order valence-electron chi connectivity index (χ0n) is 7.44. The van der Waals surface area contributed by atoms with Crippen LogP contribution in [-0.4, -0.2) is 9.97 Å². The lowest BCUT2D eigenvalue weighted by molar-refractivity contribution is 1.21. The molecule has 0 amide bonds. The molecule has 0 bridgehead atoms. The fourth-order valence-electron chi connectivity index (χ4n) is 1.68. The molecule has 0 saturated heterocycles. The number of hydrogen-bond donors (Lipinski definition) is 0. The Kier molecular flexibility index (Phi) is 1.47. The summed E-state index contributed by atoms with van der Waals surface area (Å²) in [6.07, 6.45) is 4.41. The van der Waals surface area contributed by atoms with Crippen LogP contribution in [0.5, 0.6) is 0 Å². The van der Waals surface area contributed by atoms with Gasteiger partial charge in [0.15, 0.2) is 6.33 Å². The molecule has 2 aromatic carbocycles. The summed E-state index contributed by atoms with van der Waals surface area (Å²) in [4.78, 5) is 8.06. The second-order valence-corrected chi connectivity index (χ2v) is 3.19. The third-order valence-electron chi connectivity index (χ3n) is 2.35. The van der Waals surface area contributed by atoms with Gasteiger partial charge in [0.2, 0.25) is 0 Å². The van der Waals surface area contributed by atoms with E-state index in [0.717, 1.165) is 16.3 Å². The Labute approximate surface area is 81.2 Å². The largest absolute Gasteiger partial charge is 0.233 e. The maximum atomic E-state index is 4.17. The summed E-state index contributed by atoms with van der Waals surface area (Å²) in [6, 6.07) is 12.3. The van der Waals surface area contributed by atoms with Crippen molar-refractivity contribution < 1.29 is 0 Å². The molecule has 0 aliphatic heterocycles. The smallest absolute Gasteiger partial charge is 0.198 e. The zero-order valence-corrected chi connectivity index (χ0v) is 7.44. The number of fused-ring (bicyclic) bond motifs is 3. The van der Waals surface area contributed by atoms with Gasteiger partial charge in [0.25, 0.3) is 0 Å². The monoisotopic (exact) mass is 179 g/mol. The second-order valence-electron chi connectivity index (χ2n) is 3.19. The minimum Gasteiger partial charge on any atom is -0.233 e. The lowest BCUT2D eigenvalue weighted by Crippen LogP contribution is -1.83. The first-order valence-corrected chi connectivity index (χ1v) is 4.46. The average molecular weight is 179 g/mol. The highest BCUT2D eigenvalue weighted by molar-refractivity contribution is 6.04. The SMILES string of the molecule is [c]1ncc2ccc3ccccc3c2n1. The molecule has 0 atom stereocenters. The fourth-order valence-corrected chi connectivity index (χ4v) is 1.68. The lowest BCUT2D eigenvalue weighted by Gasteiger charge is -2.00. The van der Waals surface area contributed by atoms with Gasteiger partial charge in [-0.15, -0.1) is 0 Å². The minimum atomic E-state index is 0.970. The van der Waals surface area contributed by atoms with Gasteiger partial charge in [0, 0.05) is 17.0 Å². The van der Waals surface area contributed by atoms with Crippen molar-refractivity contribution >= 4 is 21.7 Å². The van der Waals surface area contributed by atoms with Crippen molar-refractivity contribution in [3.63, 3.8) is 0 Å². The molecule has 0 unspecified atom stereocenters. The number of rotatable bonds is 0. The van der Waals surface area contributed by atoms with Gasteiger partial charge in [0.1, 0.15) is 0 Å². The first-order chi connectivity index (χ1) is 6.95. The lowest BCUT2D eigenvalue weighted by atomic mass is 10.1. The van der Waals surface area contributed by atoms with Gasteiger partial charge in [-0.1, -0.05) is 36.4 Å². The molecular weight excluding hydrogens is 172 g/mol. The van der Waals surface area contributed by atoms with E-state index in [0.29, 0.717) is 0 Å². The summed E-state index contributed by atoms with van der Waals surface area (Å²) in [5.74, 6) is 0. The van der Waals surface area contributed by atoms with Crippen molar-refractivity contribution in [2.75, 3.05) is 0 Å². The Morgan fingerprint density at radius 1 is 0.929 bits per heavy atom. The summed E-state index contributed by atoms with van der Waals surface area (Å²) in [6.45, 7) is 0. The molecular formula is C12H7N2. The maximum absolute atomic E-state index is 4.17. The van der Waals surface area contributed by atoms with Crippen LogP contribution in [0, 0.1) is 6.33 Å². The Bertz CT molecular complexity index is 547. The normalized spacial score (nSPS) is 10.9. The van der Waals surface area contributed by atoms with E-state index in [1.807, 2.05) is 18.2 Å². The minimum absolute atomic E-state index is 0.970. The van der Waals surface area contributed by atoms with Crippen molar-refractivity contribution in [3.05, 3.63) is 48.9 Å². The van der Waals surface area contributed by atoms with E-state index in [4.69, 9.17) is 0 Å². The van der Waals surface area contributed by atoms with Gasteiger partial charge < -0.3 is 0 Å². The number of aromatic nitrogens is 2. The van der Waals surface area contributed by atoms with Crippen molar-refractivity contribution in [2.24, 2.45) is 0 Å². The highest BCUT2D eigenvalue weighted by atomic mass is 14.8. The molecule has 0 saturated carbocycles. The summed E-state index contributed by atoms with van der Waals surface area (Å²) in [5.41, 5.74) is 0.970. The van der Waals surface area contributed by atoms with Gasteiger partial charge in [0.05, 0.1) is 5.52 Å². The van der Waals surface area contributed by atoms with E-state index in [1.165, 1.54) is 5.39 Å². The van der Waals surface area contributed by atoms with Crippen LogP contribution in [0.4, 0.5) is 0 Å². The predicted molar refractivity (Wildman–Crippen MR) is 55.9 cm³/mol. The number of hydrogen-bond acceptors (Lipinski definition) is 2. The third kappa shape index (κ3) is 0.973. The first-order valence-electron chi connectivity index (χ1n) is 4.46. The van der Waals surface area contributed by atoms with Gasteiger partial charge in [-0.05, 0) is 5.39 Å². The number of nitrogens with zero attached hydrogens (tertiary/aromatic N) is 2. The van der Waals surface area contributed by atoms with Crippen LogP contribution in [0.1, 0.15) is 0 Å². The van der Waals surface area contributed by atoms with Crippen LogP contribution in [0.15, 0.2) is 42.6 Å².